The van der Waals surface area contributed by atoms with Gasteiger partial charge in [-0.1, -0.05) is 32.0 Å². The van der Waals surface area contributed by atoms with Crippen molar-refractivity contribution in [2.24, 2.45) is 0 Å². The van der Waals surface area contributed by atoms with E-state index in [1.165, 1.54) is 23.1 Å². The first-order chi connectivity index (χ1) is 9.14. The maximum absolute atomic E-state index is 6.02. The van der Waals surface area contributed by atoms with E-state index in [0.717, 1.165) is 25.9 Å². The Balaban J connectivity index is 2.33. The van der Waals surface area contributed by atoms with E-state index < -0.39 is 0 Å². The third-order valence-corrected chi connectivity index (χ3v) is 4.47. The van der Waals surface area contributed by atoms with Gasteiger partial charge in [-0.05, 0) is 56.3 Å². The number of likely N-dealkylation sites (N-methyl/N-ethyl adjacent to an activating group) is 1. The molecular formula is C17H27NO. The minimum atomic E-state index is -0.0620. The highest BCUT2D eigenvalue weighted by molar-refractivity contribution is 5.35. The molecule has 1 aliphatic rings. The first-order valence-electron chi connectivity index (χ1n) is 7.57. The Morgan fingerprint density at radius 1 is 1.26 bits per heavy atom. The van der Waals surface area contributed by atoms with Crippen LogP contribution in [0, 0.1) is 0 Å². The molecule has 1 aliphatic heterocycles. The fourth-order valence-corrected chi connectivity index (χ4v) is 3.35. The van der Waals surface area contributed by atoms with Crippen LogP contribution in [0.2, 0.25) is 0 Å². The average molecular weight is 261 g/mol. The summed E-state index contributed by atoms with van der Waals surface area (Å²) in [5, 5.41) is 3.46. The van der Waals surface area contributed by atoms with Crippen LogP contribution in [-0.2, 0) is 17.6 Å². The van der Waals surface area contributed by atoms with E-state index in [1.807, 2.05) is 7.05 Å². The number of rotatable bonds is 5. The molecule has 2 rings (SSSR count). The molecule has 0 radical (unpaired) electrons. The molecule has 1 fully saturated rings. The van der Waals surface area contributed by atoms with Crippen molar-refractivity contribution < 1.29 is 4.74 Å². The van der Waals surface area contributed by atoms with Crippen molar-refractivity contribution in [2.75, 3.05) is 13.7 Å². The van der Waals surface area contributed by atoms with Crippen molar-refractivity contribution in [3.8, 4) is 0 Å². The Morgan fingerprint density at radius 2 is 2.00 bits per heavy atom. The lowest BCUT2D eigenvalue weighted by molar-refractivity contribution is -0.0105. The summed E-state index contributed by atoms with van der Waals surface area (Å²) in [7, 11) is 2.04. The number of benzene rings is 1. The average Bonchev–Trinajstić information content (AvgIpc) is 2.86. The number of ether oxygens (including phenoxy) is 1. The molecule has 1 saturated heterocycles. The summed E-state index contributed by atoms with van der Waals surface area (Å²) in [6, 6.07) is 7.21. The predicted octanol–water partition coefficient (Wildman–Crippen LogP) is 3.64. The van der Waals surface area contributed by atoms with Crippen molar-refractivity contribution in [3.05, 3.63) is 34.9 Å². The van der Waals surface area contributed by atoms with E-state index in [9.17, 15) is 0 Å². The van der Waals surface area contributed by atoms with Crippen LogP contribution in [0.4, 0.5) is 0 Å². The standard InChI is InChI=1S/C17H27NO/c1-5-13-8-9-15(12-14(13)6-2)16(18-4)17(3)10-7-11-19-17/h8-9,12,16,18H,5-7,10-11H2,1-4H3. The summed E-state index contributed by atoms with van der Waals surface area (Å²) in [5.41, 5.74) is 4.24. The summed E-state index contributed by atoms with van der Waals surface area (Å²) in [6.45, 7) is 7.59. The van der Waals surface area contributed by atoms with Gasteiger partial charge < -0.3 is 10.1 Å². The quantitative estimate of drug-likeness (QED) is 0.873. The highest BCUT2D eigenvalue weighted by atomic mass is 16.5. The normalized spacial score (nSPS) is 24.6. The molecule has 0 aliphatic carbocycles. The monoisotopic (exact) mass is 261 g/mol. The largest absolute Gasteiger partial charge is 0.373 e. The second-order valence-electron chi connectivity index (χ2n) is 5.72. The van der Waals surface area contributed by atoms with Crippen LogP contribution in [0.1, 0.15) is 56.3 Å². The van der Waals surface area contributed by atoms with Gasteiger partial charge in [0.15, 0.2) is 0 Å². The first-order valence-corrected chi connectivity index (χ1v) is 7.57. The zero-order valence-electron chi connectivity index (χ0n) is 12.8. The van der Waals surface area contributed by atoms with E-state index in [2.05, 4.69) is 44.3 Å². The molecule has 19 heavy (non-hydrogen) atoms. The fraction of sp³-hybridized carbons (Fsp3) is 0.647. The van der Waals surface area contributed by atoms with Crippen molar-refractivity contribution in [1.82, 2.24) is 5.32 Å². The van der Waals surface area contributed by atoms with Crippen LogP contribution in [0.5, 0.6) is 0 Å². The third kappa shape index (κ3) is 2.85. The van der Waals surface area contributed by atoms with Crippen molar-refractivity contribution in [1.29, 1.82) is 0 Å². The van der Waals surface area contributed by atoms with Crippen LogP contribution < -0.4 is 5.32 Å². The highest BCUT2D eigenvalue weighted by Crippen LogP contribution is 2.37. The van der Waals surface area contributed by atoms with Crippen molar-refractivity contribution >= 4 is 0 Å². The summed E-state index contributed by atoms with van der Waals surface area (Å²) in [4.78, 5) is 0. The van der Waals surface area contributed by atoms with Gasteiger partial charge in [0, 0.05) is 6.61 Å². The molecule has 1 aromatic carbocycles. The van der Waals surface area contributed by atoms with Crippen LogP contribution in [0.15, 0.2) is 18.2 Å². The zero-order chi connectivity index (χ0) is 13.9. The van der Waals surface area contributed by atoms with E-state index in [4.69, 9.17) is 4.74 Å². The molecule has 1 N–H and O–H groups in total. The minimum absolute atomic E-state index is 0.0620. The van der Waals surface area contributed by atoms with Gasteiger partial charge in [0.1, 0.15) is 0 Å². The lowest BCUT2D eigenvalue weighted by atomic mass is 9.86. The van der Waals surface area contributed by atoms with Gasteiger partial charge >= 0.3 is 0 Å². The topological polar surface area (TPSA) is 21.3 Å². The van der Waals surface area contributed by atoms with E-state index in [0.29, 0.717) is 0 Å². The van der Waals surface area contributed by atoms with Crippen molar-refractivity contribution in [2.45, 2.75) is 58.1 Å². The Labute approximate surface area is 117 Å². The molecular weight excluding hydrogens is 234 g/mol. The maximum atomic E-state index is 6.02. The van der Waals surface area contributed by atoms with Crippen LogP contribution in [-0.4, -0.2) is 19.3 Å². The van der Waals surface area contributed by atoms with E-state index >= 15 is 0 Å². The molecule has 0 spiro atoms. The van der Waals surface area contributed by atoms with Gasteiger partial charge in [-0.15, -0.1) is 0 Å². The lowest BCUT2D eigenvalue weighted by Crippen LogP contribution is -2.39. The number of hydrogen-bond acceptors (Lipinski definition) is 2. The smallest absolute Gasteiger partial charge is 0.0849 e. The van der Waals surface area contributed by atoms with Gasteiger partial charge in [0.05, 0.1) is 11.6 Å². The Morgan fingerprint density at radius 3 is 2.53 bits per heavy atom. The van der Waals surface area contributed by atoms with Gasteiger partial charge in [0.2, 0.25) is 0 Å². The van der Waals surface area contributed by atoms with Crippen LogP contribution in [0.25, 0.3) is 0 Å². The predicted molar refractivity (Wildman–Crippen MR) is 80.6 cm³/mol. The number of nitrogens with one attached hydrogen (secondary N) is 1. The van der Waals surface area contributed by atoms with Gasteiger partial charge in [-0.2, -0.15) is 0 Å². The van der Waals surface area contributed by atoms with Gasteiger partial charge in [-0.3, -0.25) is 0 Å². The molecule has 2 nitrogen and oxygen atoms in total. The Hall–Kier alpha value is -0.860. The molecule has 0 aromatic heterocycles. The molecule has 106 valence electrons. The number of hydrogen-bond donors (Lipinski definition) is 1. The molecule has 1 aromatic rings. The van der Waals surface area contributed by atoms with Crippen LogP contribution >= 0.6 is 0 Å². The second kappa shape index (κ2) is 6.06. The molecule has 2 atom stereocenters. The molecule has 2 heteroatoms. The molecule has 0 amide bonds. The molecule has 0 bridgehead atoms. The van der Waals surface area contributed by atoms with Crippen molar-refractivity contribution in [3.63, 3.8) is 0 Å². The molecule has 1 heterocycles. The third-order valence-electron chi connectivity index (χ3n) is 4.47. The summed E-state index contributed by atoms with van der Waals surface area (Å²) in [6.07, 6.45) is 4.52. The maximum Gasteiger partial charge on any atom is 0.0849 e. The minimum Gasteiger partial charge on any atom is -0.373 e. The van der Waals surface area contributed by atoms with Gasteiger partial charge in [-0.25, -0.2) is 0 Å². The summed E-state index contributed by atoms with van der Waals surface area (Å²) >= 11 is 0. The highest BCUT2D eigenvalue weighted by Gasteiger charge is 2.38. The van der Waals surface area contributed by atoms with E-state index in [1.54, 1.807) is 0 Å². The summed E-state index contributed by atoms with van der Waals surface area (Å²) < 4.78 is 6.02. The SMILES string of the molecule is CCc1ccc(C(NC)C2(C)CCCO2)cc1CC. The Kier molecular flexibility index (Phi) is 4.64. The number of aryl methyl sites for hydroxylation is 2. The summed E-state index contributed by atoms with van der Waals surface area (Å²) in [5.74, 6) is 0. The molecule has 0 saturated carbocycles. The van der Waals surface area contributed by atoms with E-state index in [-0.39, 0.29) is 11.6 Å². The Bertz CT molecular complexity index is 421. The van der Waals surface area contributed by atoms with Crippen LogP contribution in [0.3, 0.4) is 0 Å². The lowest BCUT2D eigenvalue weighted by Gasteiger charge is -2.34. The molecule has 2 unspecified atom stereocenters. The van der Waals surface area contributed by atoms with Gasteiger partial charge in [0.25, 0.3) is 0 Å². The fourth-order valence-electron chi connectivity index (χ4n) is 3.35. The zero-order valence-corrected chi connectivity index (χ0v) is 12.8. The second-order valence-corrected chi connectivity index (χ2v) is 5.72. The first kappa shape index (κ1) is 14.5.